The van der Waals surface area contributed by atoms with Gasteiger partial charge in [-0.1, -0.05) is 49.7 Å². The van der Waals surface area contributed by atoms with Gasteiger partial charge in [0, 0.05) is 0 Å². The van der Waals surface area contributed by atoms with Crippen LogP contribution in [0.4, 0.5) is 0 Å². The molecule has 0 aliphatic heterocycles. The molecule has 1 N–H and O–H groups in total. The van der Waals surface area contributed by atoms with Crippen molar-refractivity contribution in [3.63, 3.8) is 0 Å². The van der Waals surface area contributed by atoms with E-state index in [4.69, 9.17) is 14.2 Å². The third kappa shape index (κ3) is 5.25. The fraction of sp³-hybridized carbons (Fsp3) is 0.364. The van der Waals surface area contributed by atoms with Crippen molar-refractivity contribution in [2.75, 3.05) is 14.2 Å². The number of rotatable bonds is 9. The van der Waals surface area contributed by atoms with E-state index in [-0.39, 0.29) is 17.5 Å². The first kappa shape index (κ1) is 21.3. The normalized spacial score (nSPS) is 12.6. The number of nitrogens with one attached hydrogen (secondary N) is 1. The van der Waals surface area contributed by atoms with E-state index in [9.17, 15) is 9.59 Å². The Bertz CT molecular complexity index is 769. The number of amides is 1. The maximum absolute atomic E-state index is 12.6. The summed E-state index contributed by atoms with van der Waals surface area (Å²) < 4.78 is 15.8. The topological polar surface area (TPSA) is 73.9 Å². The molecule has 6 heteroatoms. The number of methoxy groups -OCH3 is 2. The molecular weight excluding hydrogens is 358 g/mol. The first-order valence-corrected chi connectivity index (χ1v) is 9.29. The molecule has 0 saturated carbocycles. The van der Waals surface area contributed by atoms with Gasteiger partial charge >= 0.3 is 5.97 Å². The summed E-state index contributed by atoms with van der Waals surface area (Å²) in [6.45, 7) is 3.60. The smallest absolute Gasteiger partial charge is 0.346 e. The zero-order chi connectivity index (χ0) is 20.5. The summed E-state index contributed by atoms with van der Waals surface area (Å²) in [6.07, 6.45) is 0.730. The summed E-state index contributed by atoms with van der Waals surface area (Å²) in [5.41, 5.74) is 1.17. The number of carbonyl (C=O) groups excluding carboxylic acids is 2. The maximum Gasteiger partial charge on any atom is 0.346 e. The van der Waals surface area contributed by atoms with Gasteiger partial charge in [-0.25, -0.2) is 4.79 Å². The molecule has 0 spiro atoms. The van der Waals surface area contributed by atoms with Crippen LogP contribution in [0.15, 0.2) is 48.5 Å². The van der Waals surface area contributed by atoms with E-state index >= 15 is 0 Å². The molecule has 2 aromatic rings. The summed E-state index contributed by atoms with van der Waals surface area (Å²) in [6, 6.07) is 14.6. The van der Waals surface area contributed by atoms with E-state index in [2.05, 4.69) is 12.2 Å². The summed E-state index contributed by atoms with van der Waals surface area (Å²) in [5.74, 6) is -0.386. The summed E-state index contributed by atoms with van der Waals surface area (Å²) in [7, 11) is 2.91. The standard InChI is InChI=1S/C22H27NO5/c1-5-10-17(16-11-7-6-8-12-16)23-21(24)15(2)28-22(25)20-18(26-3)13-9-14-19(20)27-4/h6-9,11-15,17H,5,10H2,1-4H3,(H,23,24). The molecule has 0 heterocycles. The molecule has 2 atom stereocenters. The molecule has 150 valence electrons. The highest BCUT2D eigenvalue weighted by Gasteiger charge is 2.26. The minimum atomic E-state index is -0.967. The van der Waals surface area contributed by atoms with Crippen LogP contribution < -0.4 is 14.8 Å². The second kappa shape index (κ2) is 10.3. The lowest BCUT2D eigenvalue weighted by Crippen LogP contribution is -2.38. The number of hydrogen-bond donors (Lipinski definition) is 1. The molecule has 0 bridgehead atoms. The summed E-state index contributed by atoms with van der Waals surface area (Å²) in [4.78, 5) is 25.3. The van der Waals surface area contributed by atoms with Gasteiger partial charge in [0.25, 0.3) is 5.91 Å². The van der Waals surface area contributed by atoms with Crippen LogP contribution in [0.1, 0.15) is 48.7 Å². The number of esters is 1. The van der Waals surface area contributed by atoms with E-state index in [0.29, 0.717) is 11.5 Å². The molecule has 0 aromatic heterocycles. The van der Waals surface area contributed by atoms with Crippen molar-refractivity contribution in [1.82, 2.24) is 5.32 Å². The third-order valence-electron chi connectivity index (χ3n) is 4.38. The Balaban J connectivity index is 2.10. The minimum absolute atomic E-state index is 0.138. The molecule has 6 nitrogen and oxygen atoms in total. The minimum Gasteiger partial charge on any atom is -0.496 e. The maximum atomic E-state index is 12.6. The van der Waals surface area contributed by atoms with E-state index in [1.54, 1.807) is 25.1 Å². The Labute approximate surface area is 165 Å². The van der Waals surface area contributed by atoms with Gasteiger partial charge in [0.2, 0.25) is 0 Å². The predicted molar refractivity (Wildman–Crippen MR) is 107 cm³/mol. The molecule has 2 aromatic carbocycles. The largest absolute Gasteiger partial charge is 0.496 e. The van der Waals surface area contributed by atoms with Gasteiger partial charge in [-0.3, -0.25) is 4.79 Å². The fourth-order valence-electron chi connectivity index (χ4n) is 2.91. The first-order valence-electron chi connectivity index (χ1n) is 9.29. The van der Waals surface area contributed by atoms with Gasteiger partial charge < -0.3 is 19.5 Å². The SMILES string of the molecule is CCCC(NC(=O)C(C)OC(=O)c1c(OC)cccc1OC)c1ccccc1. The lowest BCUT2D eigenvalue weighted by atomic mass is 10.0. The van der Waals surface area contributed by atoms with E-state index < -0.39 is 12.1 Å². The molecule has 0 radical (unpaired) electrons. The molecule has 28 heavy (non-hydrogen) atoms. The Hall–Kier alpha value is -3.02. The number of ether oxygens (including phenoxy) is 3. The predicted octanol–water partition coefficient (Wildman–Crippen LogP) is 3.91. The highest BCUT2D eigenvalue weighted by atomic mass is 16.6. The second-order valence-corrected chi connectivity index (χ2v) is 6.35. The zero-order valence-corrected chi connectivity index (χ0v) is 16.7. The van der Waals surface area contributed by atoms with Crippen molar-refractivity contribution < 1.29 is 23.8 Å². The zero-order valence-electron chi connectivity index (χ0n) is 16.7. The molecule has 2 rings (SSSR count). The van der Waals surface area contributed by atoms with Crippen molar-refractivity contribution in [3.8, 4) is 11.5 Å². The van der Waals surface area contributed by atoms with Gasteiger partial charge in [-0.15, -0.1) is 0 Å². The van der Waals surface area contributed by atoms with Crippen LogP contribution in [0, 0.1) is 0 Å². The van der Waals surface area contributed by atoms with Crippen molar-refractivity contribution >= 4 is 11.9 Å². The van der Waals surface area contributed by atoms with Gasteiger partial charge in [-0.05, 0) is 31.0 Å². The number of benzene rings is 2. The Morgan fingerprint density at radius 3 is 2.11 bits per heavy atom. The van der Waals surface area contributed by atoms with Crippen molar-refractivity contribution in [2.24, 2.45) is 0 Å². The van der Waals surface area contributed by atoms with Gasteiger partial charge in [0.15, 0.2) is 6.10 Å². The average Bonchev–Trinajstić information content (AvgIpc) is 2.73. The van der Waals surface area contributed by atoms with Crippen molar-refractivity contribution in [1.29, 1.82) is 0 Å². The molecule has 0 fully saturated rings. The van der Waals surface area contributed by atoms with E-state index in [1.165, 1.54) is 14.2 Å². The van der Waals surface area contributed by atoms with Gasteiger partial charge in [-0.2, -0.15) is 0 Å². The second-order valence-electron chi connectivity index (χ2n) is 6.35. The van der Waals surface area contributed by atoms with Crippen LogP contribution >= 0.6 is 0 Å². The molecule has 0 saturated heterocycles. The molecular formula is C22H27NO5. The molecule has 0 aliphatic rings. The highest BCUT2D eigenvalue weighted by Crippen LogP contribution is 2.29. The Kier molecular flexibility index (Phi) is 7.87. The Morgan fingerprint density at radius 2 is 1.57 bits per heavy atom. The van der Waals surface area contributed by atoms with Crippen LogP contribution in [-0.2, 0) is 9.53 Å². The fourth-order valence-corrected chi connectivity index (χ4v) is 2.91. The number of carbonyl (C=O) groups is 2. The van der Waals surface area contributed by atoms with Crippen LogP contribution in [0.25, 0.3) is 0 Å². The average molecular weight is 385 g/mol. The highest BCUT2D eigenvalue weighted by molar-refractivity contribution is 5.97. The lowest BCUT2D eigenvalue weighted by molar-refractivity contribution is -0.130. The van der Waals surface area contributed by atoms with Crippen molar-refractivity contribution in [3.05, 3.63) is 59.7 Å². The first-order chi connectivity index (χ1) is 13.5. The van der Waals surface area contributed by atoms with Crippen molar-refractivity contribution in [2.45, 2.75) is 38.8 Å². The molecule has 2 unspecified atom stereocenters. The van der Waals surface area contributed by atoms with Crippen LogP contribution in [-0.4, -0.2) is 32.2 Å². The van der Waals surface area contributed by atoms with Crippen LogP contribution in [0.2, 0.25) is 0 Å². The van der Waals surface area contributed by atoms with Crippen LogP contribution in [0.5, 0.6) is 11.5 Å². The van der Waals surface area contributed by atoms with Gasteiger partial charge in [0.1, 0.15) is 17.1 Å². The third-order valence-corrected chi connectivity index (χ3v) is 4.38. The monoisotopic (exact) mass is 385 g/mol. The molecule has 0 aliphatic carbocycles. The molecule has 1 amide bonds. The quantitative estimate of drug-likeness (QED) is 0.663. The lowest BCUT2D eigenvalue weighted by Gasteiger charge is -2.21. The summed E-state index contributed by atoms with van der Waals surface area (Å²) in [5, 5.41) is 2.97. The van der Waals surface area contributed by atoms with E-state index in [0.717, 1.165) is 18.4 Å². The number of hydrogen-bond acceptors (Lipinski definition) is 5. The van der Waals surface area contributed by atoms with Crippen LogP contribution in [0.3, 0.4) is 0 Å². The van der Waals surface area contributed by atoms with Gasteiger partial charge in [0.05, 0.1) is 20.3 Å². The Morgan fingerprint density at radius 1 is 0.964 bits per heavy atom. The van der Waals surface area contributed by atoms with E-state index in [1.807, 2.05) is 30.3 Å². The summed E-state index contributed by atoms with van der Waals surface area (Å²) >= 11 is 0.